The normalized spacial score (nSPS) is 16.1. The number of amides is 3. The van der Waals surface area contributed by atoms with Crippen molar-refractivity contribution in [2.75, 3.05) is 32.7 Å². The van der Waals surface area contributed by atoms with Crippen molar-refractivity contribution in [2.45, 2.75) is 32.6 Å². The van der Waals surface area contributed by atoms with Gasteiger partial charge in [-0.05, 0) is 89.6 Å². The van der Waals surface area contributed by atoms with E-state index in [1.165, 1.54) is 25.6 Å². The van der Waals surface area contributed by atoms with Crippen molar-refractivity contribution in [2.24, 2.45) is 0 Å². The molecule has 12 heteroatoms. The molecular weight excluding hydrogens is 584 g/mol. The lowest BCUT2D eigenvalue weighted by Crippen LogP contribution is -2.36. The van der Waals surface area contributed by atoms with Gasteiger partial charge < -0.3 is 19.5 Å². The largest absolute Gasteiger partial charge is 0.493 e. The second-order valence-corrected chi connectivity index (χ2v) is 11.1. The summed E-state index contributed by atoms with van der Waals surface area (Å²) >= 11 is 5.51. The number of anilines is 1. The highest BCUT2D eigenvalue weighted by Gasteiger charge is 2.37. The Morgan fingerprint density at radius 1 is 1.16 bits per heavy atom. The lowest BCUT2D eigenvalue weighted by molar-refractivity contribution is -0.127. The number of aryl methyl sites for hydroxylation is 1. The van der Waals surface area contributed by atoms with Gasteiger partial charge in [-0.3, -0.25) is 19.3 Å². The van der Waals surface area contributed by atoms with Crippen LogP contribution in [-0.4, -0.2) is 55.3 Å². The maximum atomic E-state index is 13.0. The fourth-order valence-electron chi connectivity index (χ4n) is 4.19. The van der Waals surface area contributed by atoms with Crippen molar-refractivity contribution in [1.29, 1.82) is 0 Å². The highest BCUT2D eigenvalue weighted by atomic mass is 79.9. The molecular formula is C25H25BrN2O7S2. The average molecular weight is 610 g/mol. The monoisotopic (exact) mass is 608 g/mol. The lowest BCUT2D eigenvalue weighted by Gasteiger charge is -2.13. The van der Waals surface area contributed by atoms with Crippen LogP contribution in [-0.2, 0) is 27.2 Å². The number of hydrogen-bond acceptors (Lipinski definition) is 9. The minimum absolute atomic E-state index is 0.177. The van der Waals surface area contributed by atoms with Gasteiger partial charge in [0.15, 0.2) is 11.5 Å². The molecule has 0 unspecified atom stereocenters. The van der Waals surface area contributed by atoms with Crippen LogP contribution in [0.25, 0.3) is 6.08 Å². The molecule has 0 saturated carbocycles. The van der Waals surface area contributed by atoms with E-state index in [0.29, 0.717) is 32.1 Å². The summed E-state index contributed by atoms with van der Waals surface area (Å²) in [4.78, 5) is 53.3. The second kappa shape index (κ2) is 11.7. The third-order valence-corrected chi connectivity index (χ3v) is 8.54. The first-order chi connectivity index (χ1) is 17.8. The van der Waals surface area contributed by atoms with Crippen molar-refractivity contribution >= 4 is 73.1 Å². The predicted molar refractivity (Wildman–Crippen MR) is 145 cm³/mol. The summed E-state index contributed by atoms with van der Waals surface area (Å²) in [5.74, 6) is -0.666. The van der Waals surface area contributed by atoms with Gasteiger partial charge in [0.05, 0.1) is 35.8 Å². The standard InChI is InChI=1S/C25H25BrN2O7S2/c1-4-35-24(31)20-14-7-5-6-8-17(14)36-22(20)27-19(29)12-28-23(30)18(37-25(28)32)11-13-9-15(26)21(34-3)16(10-13)33-2/h9-11H,4-8,12H2,1-3H3,(H,27,29)/b18-11-. The molecule has 1 aromatic heterocycles. The highest BCUT2D eigenvalue weighted by molar-refractivity contribution is 9.10. The van der Waals surface area contributed by atoms with E-state index in [9.17, 15) is 19.2 Å². The summed E-state index contributed by atoms with van der Waals surface area (Å²) in [5, 5.41) is 2.58. The zero-order valence-corrected chi connectivity index (χ0v) is 23.7. The number of imide groups is 1. The fraction of sp³-hybridized carbons (Fsp3) is 0.360. The van der Waals surface area contributed by atoms with Crippen LogP contribution in [0.1, 0.15) is 46.1 Å². The molecule has 0 radical (unpaired) electrons. The fourth-order valence-corrected chi connectivity index (χ4v) is 6.95. The number of halogens is 1. The van der Waals surface area contributed by atoms with E-state index in [1.54, 1.807) is 25.1 Å². The minimum Gasteiger partial charge on any atom is -0.493 e. The summed E-state index contributed by atoms with van der Waals surface area (Å²) in [6.45, 7) is 1.47. The first kappa shape index (κ1) is 27.2. The molecule has 2 heterocycles. The molecule has 9 nitrogen and oxygen atoms in total. The van der Waals surface area contributed by atoms with Gasteiger partial charge in [-0.15, -0.1) is 11.3 Å². The van der Waals surface area contributed by atoms with Gasteiger partial charge in [0.1, 0.15) is 11.5 Å². The molecule has 1 fully saturated rings. The van der Waals surface area contributed by atoms with Crippen LogP contribution >= 0.6 is 39.0 Å². The van der Waals surface area contributed by atoms with E-state index < -0.39 is 29.6 Å². The number of rotatable bonds is 8. The van der Waals surface area contributed by atoms with Crippen LogP contribution in [0.3, 0.4) is 0 Å². The van der Waals surface area contributed by atoms with Gasteiger partial charge in [-0.25, -0.2) is 4.79 Å². The van der Waals surface area contributed by atoms with E-state index >= 15 is 0 Å². The van der Waals surface area contributed by atoms with Gasteiger partial charge >= 0.3 is 5.97 Å². The molecule has 1 aromatic carbocycles. The number of carbonyl (C=O) groups excluding carboxylic acids is 4. The number of ether oxygens (including phenoxy) is 3. The van der Waals surface area contributed by atoms with Crippen molar-refractivity contribution < 1.29 is 33.4 Å². The quantitative estimate of drug-likeness (QED) is 0.319. The Balaban J connectivity index is 1.51. The Morgan fingerprint density at radius 2 is 1.92 bits per heavy atom. The molecule has 37 heavy (non-hydrogen) atoms. The molecule has 1 aliphatic heterocycles. The molecule has 4 rings (SSSR count). The molecule has 1 saturated heterocycles. The van der Waals surface area contributed by atoms with E-state index in [0.717, 1.165) is 52.8 Å². The van der Waals surface area contributed by atoms with Crippen LogP contribution in [0.2, 0.25) is 0 Å². The van der Waals surface area contributed by atoms with Crippen molar-refractivity contribution in [3.05, 3.63) is 43.1 Å². The summed E-state index contributed by atoms with van der Waals surface area (Å²) in [6.07, 6.45) is 5.12. The van der Waals surface area contributed by atoms with Crippen LogP contribution in [0.15, 0.2) is 21.5 Å². The number of carbonyl (C=O) groups is 4. The molecule has 1 N–H and O–H groups in total. The number of thiophene rings is 1. The number of fused-ring (bicyclic) bond motifs is 1. The van der Waals surface area contributed by atoms with Crippen molar-refractivity contribution in [3.63, 3.8) is 0 Å². The van der Waals surface area contributed by atoms with Crippen molar-refractivity contribution in [3.8, 4) is 11.5 Å². The van der Waals surface area contributed by atoms with E-state index in [1.807, 2.05) is 0 Å². The Bertz CT molecular complexity index is 1300. The summed E-state index contributed by atoms with van der Waals surface area (Å²) in [5.41, 5.74) is 1.91. The number of benzene rings is 1. The number of hydrogen-bond donors (Lipinski definition) is 1. The number of methoxy groups -OCH3 is 2. The van der Waals surface area contributed by atoms with E-state index in [4.69, 9.17) is 14.2 Å². The molecule has 0 bridgehead atoms. The zero-order valence-electron chi connectivity index (χ0n) is 20.5. The van der Waals surface area contributed by atoms with Gasteiger partial charge in [-0.1, -0.05) is 0 Å². The third-order valence-electron chi connectivity index (χ3n) is 5.83. The van der Waals surface area contributed by atoms with Gasteiger partial charge in [0.25, 0.3) is 11.1 Å². The molecule has 2 aliphatic rings. The maximum Gasteiger partial charge on any atom is 0.341 e. The topological polar surface area (TPSA) is 111 Å². The second-order valence-electron chi connectivity index (χ2n) is 8.19. The van der Waals surface area contributed by atoms with Crippen LogP contribution in [0.5, 0.6) is 11.5 Å². The highest BCUT2D eigenvalue weighted by Crippen LogP contribution is 2.40. The van der Waals surface area contributed by atoms with Crippen LogP contribution < -0.4 is 14.8 Å². The summed E-state index contributed by atoms with van der Waals surface area (Å²) in [7, 11) is 3.01. The van der Waals surface area contributed by atoms with E-state index in [-0.39, 0.29) is 11.5 Å². The number of nitrogens with one attached hydrogen (secondary N) is 1. The Kier molecular flexibility index (Phi) is 8.60. The third kappa shape index (κ3) is 5.70. The van der Waals surface area contributed by atoms with Gasteiger partial charge in [-0.2, -0.15) is 0 Å². The lowest BCUT2D eigenvalue weighted by atomic mass is 9.95. The van der Waals surface area contributed by atoms with Crippen molar-refractivity contribution in [1.82, 2.24) is 4.90 Å². The van der Waals surface area contributed by atoms with Gasteiger partial charge in [0, 0.05) is 4.88 Å². The Morgan fingerprint density at radius 3 is 2.62 bits per heavy atom. The SMILES string of the molecule is CCOC(=O)c1c(NC(=O)CN2C(=O)S/C(=C\c3cc(Br)c(OC)c(OC)c3)C2=O)sc2c1CCCC2. The Labute approximate surface area is 230 Å². The first-order valence-corrected chi connectivity index (χ1v) is 14.0. The first-order valence-electron chi connectivity index (χ1n) is 11.6. The summed E-state index contributed by atoms with van der Waals surface area (Å²) < 4.78 is 16.5. The van der Waals surface area contributed by atoms with Gasteiger partial charge in [0.2, 0.25) is 5.91 Å². The average Bonchev–Trinajstić information content (AvgIpc) is 3.35. The molecule has 0 atom stereocenters. The minimum atomic E-state index is -0.577. The number of nitrogens with zero attached hydrogens (tertiary/aromatic N) is 1. The molecule has 2 aromatic rings. The number of thioether (sulfide) groups is 1. The maximum absolute atomic E-state index is 13.0. The molecule has 1 aliphatic carbocycles. The summed E-state index contributed by atoms with van der Waals surface area (Å²) in [6, 6.07) is 3.41. The van der Waals surface area contributed by atoms with Crippen LogP contribution in [0.4, 0.5) is 9.80 Å². The molecule has 0 spiro atoms. The molecule has 3 amide bonds. The van der Waals surface area contributed by atoms with Crippen LogP contribution in [0, 0.1) is 0 Å². The van der Waals surface area contributed by atoms with E-state index in [2.05, 4.69) is 21.2 Å². The molecule has 196 valence electrons. The Hall–Kier alpha value is -2.83. The smallest absolute Gasteiger partial charge is 0.341 e. The zero-order chi connectivity index (χ0) is 26.7. The number of esters is 1. The predicted octanol–water partition coefficient (Wildman–Crippen LogP) is 5.26.